The quantitative estimate of drug-likeness (QED) is 0.485. The first-order valence-corrected chi connectivity index (χ1v) is 7.08. The van der Waals surface area contributed by atoms with Gasteiger partial charge in [0.2, 0.25) is 5.91 Å². The number of rotatable bonds is 6. The van der Waals surface area contributed by atoms with Crippen molar-refractivity contribution in [2.24, 2.45) is 0 Å². The van der Waals surface area contributed by atoms with Gasteiger partial charge in [0.05, 0.1) is 10.8 Å². The number of carbonyl (C=O) groups excluding carboxylic acids is 1. The second kappa shape index (κ2) is 7.14. The number of thioether (sulfide) groups is 1. The highest BCUT2D eigenvalue weighted by Gasteiger charge is 2.01. The van der Waals surface area contributed by atoms with Crippen LogP contribution in [0.1, 0.15) is 18.2 Å². The Labute approximate surface area is 103 Å². The van der Waals surface area contributed by atoms with Crippen molar-refractivity contribution < 1.29 is 4.79 Å². The van der Waals surface area contributed by atoms with E-state index in [0.717, 1.165) is 18.1 Å². The van der Waals surface area contributed by atoms with Gasteiger partial charge in [-0.05, 0) is 24.3 Å². The molecule has 0 aliphatic carbocycles. The standard InChI is InChI=1S/C10H14ClNOS2/c1-8(13)12-7-9-3-4-10(15-9)14-6-2-5-11/h3-4H,2,5-7H2,1H3,(H,12,13). The molecule has 1 amide bonds. The molecule has 2 nitrogen and oxygen atoms in total. The Balaban J connectivity index is 2.32. The SMILES string of the molecule is CC(=O)NCc1ccc(SCCCCl)s1. The third-order valence-corrected chi connectivity index (χ3v) is 4.33. The van der Waals surface area contributed by atoms with E-state index < -0.39 is 0 Å². The maximum atomic E-state index is 10.7. The number of nitrogens with one attached hydrogen (secondary N) is 1. The smallest absolute Gasteiger partial charge is 0.217 e. The summed E-state index contributed by atoms with van der Waals surface area (Å²) >= 11 is 9.15. The normalized spacial score (nSPS) is 10.3. The summed E-state index contributed by atoms with van der Waals surface area (Å²) in [5.74, 6) is 1.79. The Hall–Kier alpha value is -0.190. The first-order chi connectivity index (χ1) is 7.22. The van der Waals surface area contributed by atoms with Crippen LogP contribution in [-0.2, 0) is 11.3 Å². The minimum atomic E-state index is 0.0137. The summed E-state index contributed by atoms with van der Waals surface area (Å²) in [6.07, 6.45) is 1.03. The maximum Gasteiger partial charge on any atom is 0.217 e. The average Bonchev–Trinajstić information content (AvgIpc) is 2.63. The van der Waals surface area contributed by atoms with E-state index in [9.17, 15) is 4.79 Å². The topological polar surface area (TPSA) is 29.1 Å². The summed E-state index contributed by atoms with van der Waals surface area (Å²) in [5.41, 5.74) is 0. The van der Waals surface area contributed by atoms with E-state index in [1.54, 1.807) is 11.3 Å². The molecule has 0 aliphatic rings. The summed E-state index contributed by atoms with van der Waals surface area (Å²) in [6.45, 7) is 2.17. The lowest BCUT2D eigenvalue weighted by molar-refractivity contribution is -0.119. The van der Waals surface area contributed by atoms with Gasteiger partial charge >= 0.3 is 0 Å². The van der Waals surface area contributed by atoms with Gasteiger partial charge in [0.25, 0.3) is 0 Å². The fourth-order valence-electron chi connectivity index (χ4n) is 0.970. The predicted octanol–water partition coefficient (Wildman–Crippen LogP) is 3.11. The van der Waals surface area contributed by atoms with Crippen LogP contribution in [0.5, 0.6) is 0 Å². The molecule has 0 saturated heterocycles. The molecule has 5 heteroatoms. The molecular weight excluding hydrogens is 250 g/mol. The van der Waals surface area contributed by atoms with Crippen LogP contribution in [0, 0.1) is 0 Å². The molecule has 1 N–H and O–H groups in total. The fraction of sp³-hybridized carbons (Fsp3) is 0.500. The maximum absolute atomic E-state index is 10.7. The zero-order valence-electron chi connectivity index (χ0n) is 8.59. The highest BCUT2D eigenvalue weighted by Crippen LogP contribution is 2.27. The molecule has 0 spiro atoms. The summed E-state index contributed by atoms with van der Waals surface area (Å²) in [7, 11) is 0. The monoisotopic (exact) mass is 263 g/mol. The number of thiophene rings is 1. The van der Waals surface area contributed by atoms with Gasteiger partial charge in [-0.1, -0.05) is 0 Å². The van der Waals surface area contributed by atoms with E-state index in [2.05, 4.69) is 17.4 Å². The van der Waals surface area contributed by atoms with E-state index in [4.69, 9.17) is 11.6 Å². The molecule has 1 aromatic rings. The number of hydrogen-bond acceptors (Lipinski definition) is 3. The molecule has 0 fully saturated rings. The van der Waals surface area contributed by atoms with Crippen LogP contribution in [0.15, 0.2) is 16.3 Å². The minimum Gasteiger partial charge on any atom is -0.351 e. The van der Waals surface area contributed by atoms with Crippen molar-refractivity contribution in [3.05, 3.63) is 17.0 Å². The second-order valence-electron chi connectivity index (χ2n) is 3.02. The molecule has 0 atom stereocenters. The molecule has 1 aromatic heterocycles. The van der Waals surface area contributed by atoms with Crippen molar-refractivity contribution in [3.63, 3.8) is 0 Å². The Morgan fingerprint density at radius 1 is 1.60 bits per heavy atom. The molecule has 0 aromatic carbocycles. The van der Waals surface area contributed by atoms with Gasteiger partial charge in [-0.25, -0.2) is 0 Å². The van der Waals surface area contributed by atoms with E-state index in [1.165, 1.54) is 16.0 Å². The van der Waals surface area contributed by atoms with Crippen LogP contribution in [0.3, 0.4) is 0 Å². The van der Waals surface area contributed by atoms with Crippen molar-refractivity contribution >= 4 is 40.6 Å². The van der Waals surface area contributed by atoms with Crippen molar-refractivity contribution in [3.8, 4) is 0 Å². The molecule has 0 unspecified atom stereocenters. The highest BCUT2D eigenvalue weighted by atomic mass is 35.5. The van der Waals surface area contributed by atoms with Crippen molar-refractivity contribution in [1.82, 2.24) is 5.32 Å². The molecule has 84 valence electrons. The van der Waals surface area contributed by atoms with Gasteiger partial charge in [-0.3, -0.25) is 4.79 Å². The Morgan fingerprint density at radius 2 is 2.40 bits per heavy atom. The molecule has 0 bridgehead atoms. The lowest BCUT2D eigenvalue weighted by Crippen LogP contribution is -2.17. The van der Waals surface area contributed by atoms with Gasteiger partial charge in [-0.15, -0.1) is 34.7 Å². The van der Waals surface area contributed by atoms with Crippen LogP contribution in [-0.4, -0.2) is 17.5 Å². The Kier molecular flexibility index (Phi) is 6.13. The Morgan fingerprint density at radius 3 is 3.07 bits per heavy atom. The summed E-state index contributed by atoms with van der Waals surface area (Å²) in [5, 5.41) is 2.78. The summed E-state index contributed by atoms with van der Waals surface area (Å²) < 4.78 is 1.29. The zero-order valence-corrected chi connectivity index (χ0v) is 11.0. The largest absolute Gasteiger partial charge is 0.351 e. The molecular formula is C10H14ClNOS2. The van der Waals surface area contributed by atoms with Gasteiger partial charge in [0, 0.05) is 17.7 Å². The third-order valence-electron chi connectivity index (χ3n) is 1.67. The van der Waals surface area contributed by atoms with Crippen LogP contribution >= 0.6 is 34.7 Å². The first kappa shape index (κ1) is 12.9. The number of carbonyl (C=O) groups is 1. The van der Waals surface area contributed by atoms with Crippen molar-refractivity contribution in [1.29, 1.82) is 0 Å². The molecule has 15 heavy (non-hydrogen) atoms. The summed E-state index contributed by atoms with van der Waals surface area (Å²) in [6, 6.07) is 4.16. The third kappa shape index (κ3) is 5.44. The van der Waals surface area contributed by atoms with Gasteiger partial charge in [-0.2, -0.15) is 0 Å². The molecule has 0 radical (unpaired) electrons. The van der Waals surface area contributed by atoms with E-state index in [-0.39, 0.29) is 5.91 Å². The lowest BCUT2D eigenvalue weighted by atomic mass is 10.4. The van der Waals surface area contributed by atoms with Crippen molar-refractivity contribution in [2.45, 2.75) is 24.1 Å². The molecule has 0 aliphatic heterocycles. The Bertz CT molecular complexity index is 314. The summed E-state index contributed by atoms with van der Waals surface area (Å²) in [4.78, 5) is 11.9. The number of alkyl halides is 1. The minimum absolute atomic E-state index is 0.0137. The van der Waals surface area contributed by atoms with Crippen LogP contribution in [0.2, 0.25) is 0 Å². The van der Waals surface area contributed by atoms with E-state index in [1.807, 2.05) is 11.8 Å². The van der Waals surface area contributed by atoms with Crippen molar-refractivity contribution in [2.75, 3.05) is 11.6 Å². The highest BCUT2D eigenvalue weighted by molar-refractivity contribution is 8.01. The van der Waals surface area contributed by atoms with Gasteiger partial charge < -0.3 is 5.32 Å². The molecule has 0 saturated carbocycles. The molecule has 1 rings (SSSR count). The fourth-order valence-corrected chi connectivity index (χ4v) is 3.40. The lowest BCUT2D eigenvalue weighted by Gasteiger charge is -1.97. The van der Waals surface area contributed by atoms with E-state index >= 15 is 0 Å². The number of hydrogen-bond donors (Lipinski definition) is 1. The van der Waals surface area contributed by atoms with Gasteiger partial charge in [0.1, 0.15) is 0 Å². The van der Waals surface area contributed by atoms with E-state index in [0.29, 0.717) is 6.54 Å². The zero-order chi connectivity index (χ0) is 11.1. The molecule has 1 heterocycles. The van der Waals surface area contributed by atoms with Crippen LogP contribution in [0.25, 0.3) is 0 Å². The van der Waals surface area contributed by atoms with Gasteiger partial charge in [0.15, 0.2) is 0 Å². The van der Waals surface area contributed by atoms with Crippen LogP contribution < -0.4 is 5.32 Å². The average molecular weight is 264 g/mol. The van der Waals surface area contributed by atoms with Crippen LogP contribution in [0.4, 0.5) is 0 Å². The first-order valence-electron chi connectivity index (χ1n) is 4.74. The number of halogens is 1. The second-order valence-corrected chi connectivity index (χ2v) is 5.96. The number of amides is 1. The predicted molar refractivity (Wildman–Crippen MR) is 67.9 cm³/mol.